The highest BCUT2D eigenvalue weighted by atomic mass is 19.4. The molecule has 0 amide bonds. The Balaban J connectivity index is 1.84. The third-order valence-corrected chi connectivity index (χ3v) is 5.72. The Morgan fingerprint density at radius 3 is 2.33 bits per heavy atom. The van der Waals surface area contributed by atoms with Crippen molar-refractivity contribution in [3.05, 3.63) is 77.5 Å². The lowest BCUT2D eigenvalue weighted by molar-refractivity contribution is -0.137. The number of benzene rings is 2. The van der Waals surface area contributed by atoms with Crippen molar-refractivity contribution in [3.8, 4) is 22.8 Å². The molecule has 1 unspecified atom stereocenters. The summed E-state index contributed by atoms with van der Waals surface area (Å²) in [6.45, 7) is 8.04. The molecule has 0 aliphatic heterocycles. The van der Waals surface area contributed by atoms with Crippen LogP contribution in [0.25, 0.3) is 11.3 Å². The zero-order valence-corrected chi connectivity index (χ0v) is 21.1. The summed E-state index contributed by atoms with van der Waals surface area (Å²) in [4.78, 5) is 16.6. The SMILES string of the molecule is CCCC(=O)Oc1ccc(OC(CCC(C)C)c2cccc(-c3ccc(C(F)(F)F)cc3)n2)cc1C. The minimum Gasteiger partial charge on any atom is -0.484 e. The quantitative estimate of drug-likeness (QED) is 0.208. The van der Waals surface area contributed by atoms with E-state index < -0.39 is 11.7 Å². The van der Waals surface area contributed by atoms with Gasteiger partial charge < -0.3 is 9.47 Å². The van der Waals surface area contributed by atoms with Gasteiger partial charge in [0.2, 0.25) is 0 Å². The van der Waals surface area contributed by atoms with E-state index in [9.17, 15) is 18.0 Å². The Hall–Kier alpha value is -3.35. The van der Waals surface area contributed by atoms with Crippen molar-refractivity contribution in [3.63, 3.8) is 0 Å². The van der Waals surface area contributed by atoms with E-state index in [1.54, 1.807) is 18.2 Å². The summed E-state index contributed by atoms with van der Waals surface area (Å²) >= 11 is 0. The molecule has 0 spiro atoms. The van der Waals surface area contributed by atoms with Gasteiger partial charge in [0, 0.05) is 12.0 Å². The van der Waals surface area contributed by atoms with Gasteiger partial charge in [-0.15, -0.1) is 0 Å². The van der Waals surface area contributed by atoms with Crippen molar-refractivity contribution < 1.29 is 27.4 Å². The molecule has 1 atom stereocenters. The molecule has 0 bridgehead atoms. The number of hydrogen-bond donors (Lipinski definition) is 0. The molecule has 7 heteroatoms. The Morgan fingerprint density at radius 1 is 1.00 bits per heavy atom. The number of esters is 1. The minimum atomic E-state index is -4.38. The number of carbonyl (C=O) groups is 1. The lowest BCUT2D eigenvalue weighted by Crippen LogP contribution is -2.12. The van der Waals surface area contributed by atoms with E-state index >= 15 is 0 Å². The summed E-state index contributed by atoms with van der Waals surface area (Å²) < 4.78 is 50.6. The molecule has 4 nitrogen and oxygen atoms in total. The first-order valence-electron chi connectivity index (χ1n) is 12.2. The van der Waals surface area contributed by atoms with Gasteiger partial charge in [0.05, 0.1) is 17.0 Å². The molecular weight excluding hydrogens is 467 g/mol. The van der Waals surface area contributed by atoms with Crippen LogP contribution in [0.15, 0.2) is 60.7 Å². The summed E-state index contributed by atoms with van der Waals surface area (Å²) in [7, 11) is 0. The van der Waals surface area contributed by atoms with Crippen LogP contribution in [0.3, 0.4) is 0 Å². The van der Waals surface area contributed by atoms with Crippen LogP contribution in [-0.2, 0) is 11.0 Å². The average molecular weight is 500 g/mol. The van der Waals surface area contributed by atoms with Gasteiger partial charge in [-0.3, -0.25) is 4.79 Å². The first kappa shape index (κ1) is 27.2. The molecule has 0 aliphatic rings. The highest BCUT2D eigenvalue weighted by Crippen LogP contribution is 2.33. The normalized spacial score (nSPS) is 12.4. The summed E-state index contributed by atoms with van der Waals surface area (Å²) in [5.41, 5.74) is 1.96. The predicted octanol–water partition coefficient (Wildman–Crippen LogP) is 8.34. The molecular formula is C29H32F3NO3. The van der Waals surface area contributed by atoms with Gasteiger partial charge in [-0.05, 0) is 80.1 Å². The van der Waals surface area contributed by atoms with Crippen LogP contribution < -0.4 is 9.47 Å². The van der Waals surface area contributed by atoms with E-state index in [2.05, 4.69) is 13.8 Å². The maximum absolute atomic E-state index is 12.9. The Labute approximate surface area is 210 Å². The second-order valence-electron chi connectivity index (χ2n) is 9.25. The number of pyridine rings is 1. The summed E-state index contributed by atoms with van der Waals surface area (Å²) in [6, 6.07) is 15.8. The van der Waals surface area contributed by atoms with Crippen LogP contribution >= 0.6 is 0 Å². The van der Waals surface area contributed by atoms with Gasteiger partial charge in [-0.1, -0.05) is 39.0 Å². The van der Waals surface area contributed by atoms with Gasteiger partial charge in [-0.25, -0.2) is 4.98 Å². The van der Waals surface area contributed by atoms with Crippen LogP contribution in [0.5, 0.6) is 11.5 Å². The molecule has 0 N–H and O–H groups in total. The van der Waals surface area contributed by atoms with E-state index in [1.807, 2.05) is 32.0 Å². The number of rotatable bonds is 10. The number of halogens is 3. The first-order chi connectivity index (χ1) is 17.1. The molecule has 1 heterocycles. The first-order valence-corrected chi connectivity index (χ1v) is 12.2. The number of carbonyl (C=O) groups excluding carboxylic acids is 1. The van der Waals surface area contributed by atoms with Crippen molar-refractivity contribution in [2.75, 3.05) is 0 Å². The number of ether oxygens (including phenoxy) is 2. The average Bonchev–Trinajstić information content (AvgIpc) is 2.83. The Kier molecular flexibility index (Phi) is 9.13. The highest BCUT2D eigenvalue weighted by molar-refractivity contribution is 5.72. The fraction of sp³-hybridized carbons (Fsp3) is 0.379. The van der Waals surface area contributed by atoms with Gasteiger partial charge >= 0.3 is 12.1 Å². The molecule has 0 saturated carbocycles. The molecule has 192 valence electrons. The number of nitrogens with zero attached hydrogens (tertiary/aromatic N) is 1. The van der Waals surface area contributed by atoms with E-state index in [4.69, 9.17) is 14.5 Å². The van der Waals surface area contributed by atoms with Crippen LogP contribution in [0, 0.1) is 12.8 Å². The van der Waals surface area contributed by atoms with Crippen LogP contribution in [-0.4, -0.2) is 11.0 Å². The topological polar surface area (TPSA) is 48.4 Å². The van der Waals surface area contributed by atoms with Crippen molar-refractivity contribution in [2.24, 2.45) is 5.92 Å². The minimum absolute atomic E-state index is 0.270. The zero-order chi connectivity index (χ0) is 26.3. The molecule has 0 radical (unpaired) electrons. The largest absolute Gasteiger partial charge is 0.484 e. The predicted molar refractivity (Wildman–Crippen MR) is 134 cm³/mol. The summed E-state index contributed by atoms with van der Waals surface area (Å²) in [5, 5.41) is 0. The van der Waals surface area contributed by atoms with Crippen LogP contribution in [0.2, 0.25) is 0 Å². The number of hydrogen-bond acceptors (Lipinski definition) is 4. The van der Waals surface area contributed by atoms with Crippen molar-refractivity contribution in [1.82, 2.24) is 4.98 Å². The molecule has 0 aliphatic carbocycles. The molecule has 1 aromatic heterocycles. The number of alkyl halides is 3. The van der Waals surface area contributed by atoms with Crippen molar-refractivity contribution in [1.29, 1.82) is 0 Å². The Bertz CT molecular complexity index is 1160. The lowest BCUT2D eigenvalue weighted by atomic mass is 10.0. The standard InChI is InChI=1S/C29H32F3NO3/c1-5-7-28(34)36-26-17-15-23(18-20(26)4)35-27(16-10-19(2)3)25-9-6-8-24(33-25)21-11-13-22(14-12-21)29(30,31)32/h6,8-9,11-15,17-19,27H,5,7,10,16H2,1-4H3. The van der Waals surface area contributed by atoms with Gasteiger partial charge in [0.1, 0.15) is 17.6 Å². The third-order valence-electron chi connectivity index (χ3n) is 5.72. The second kappa shape index (κ2) is 12.1. The fourth-order valence-corrected chi connectivity index (χ4v) is 3.73. The smallest absolute Gasteiger partial charge is 0.416 e. The van der Waals surface area contributed by atoms with Crippen molar-refractivity contribution >= 4 is 5.97 Å². The maximum atomic E-state index is 12.9. The summed E-state index contributed by atoms with van der Waals surface area (Å²) in [6.07, 6.45) is -2.04. The molecule has 0 saturated heterocycles. The maximum Gasteiger partial charge on any atom is 0.416 e. The molecule has 3 rings (SSSR count). The van der Waals surface area contributed by atoms with E-state index in [1.165, 1.54) is 12.1 Å². The molecule has 2 aromatic carbocycles. The highest BCUT2D eigenvalue weighted by Gasteiger charge is 2.30. The molecule has 36 heavy (non-hydrogen) atoms. The van der Waals surface area contributed by atoms with Crippen molar-refractivity contribution in [2.45, 2.75) is 65.7 Å². The zero-order valence-electron chi connectivity index (χ0n) is 21.1. The fourth-order valence-electron chi connectivity index (χ4n) is 3.73. The second-order valence-corrected chi connectivity index (χ2v) is 9.25. The van der Waals surface area contributed by atoms with E-state index in [0.29, 0.717) is 47.2 Å². The number of aryl methyl sites for hydroxylation is 1. The van der Waals surface area contributed by atoms with Crippen LogP contribution in [0.1, 0.15) is 69.4 Å². The lowest BCUT2D eigenvalue weighted by Gasteiger charge is -2.21. The third kappa shape index (κ3) is 7.57. The molecule has 3 aromatic rings. The molecule has 0 fully saturated rings. The Morgan fingerprint density at radius 2 is 1.72 bits per heavy atom. The number of aromatic nitrogens is 1. The summed E-state index contributed by atoms with van der Waals surface area (Å²) in [5.74, 6) is 1.31. The van der Waals surface area contributed by atoms with E-state index in [0.717, 1.165) is 30.5 Å². The van der Waals surface area contributed by atoms with E-state index in [-0.39, 0.29) is 12.1 Å². The van der Waals surface area contributed by atoms with Gasteiger partial charge in [0.25, 0.3) is 0 Å². The monoisotopic (exact) mass is 499 g/mol. The van der Waals surface area contributed by atoms with Gasteiger partial charge in [-0.2, -0.15) is 13.2 Å². The van der Waals surface area contributed by atoms with Gasteiger partial charge in [0.15, 0.2) is 0 Å². The van der Waals surface area contributed by atoms with Crippen LogP contribution in [0.4, 0.5) is 13.2 Å².